The number of hydrogen-bond donors (Lipinski definition) is 0. The number of amidine groups is 2. The van der Waals surface area contributed by atoms with Gasteiger partial charge in [-0.3, -0.25) is 4.99 Å². The summed E-state index contributed by atoms with van der Waals surface area (Å²) in [5.74, 6) is 1.09. The first-order valence-electron chi connectivity index (χ1n) is 18.8. The molecule has 1 heterocycles. The molecule has 1 aromatic heterocycles. The molecule has 0 unspecified atom stereocenters. The Bertz CT molecular complexity index is 3180. The lowest BCUT2D eigenvalue weighted by molar-refractivity contribution is 0.669. The van der Waals surface area contributed by atoms with E-state index in [1.165, 1.54) is 27.1 Å². The molecule has 9 aromatic carbocycles. The molecule has 0 atom stereocenters. The first-order chi connectivity index (χ1) is 27.7. The van der Waals surface area contributed by atoms with Gasteiger partial charge in [0.1, 0.15) is 11.2 Å². The van der Waals surface area contributed by atoms with Crippen LogP contribution in [0.4, 0.5) is 0 Å². The summed E-state index contributed by atoms with van der Waals surface area (Å²) in [5.41, 5.74) is 9.09. The van der Waals surface area contributed by atoms with Crippen LogP contribution in [-0.2, 0) is 6.54 Å². The van der Waals surface area contributed by atoms with Gasteiger partial charge in [-0.2, -0.15) is 0 Å². The van der Waals surface area contributed by atoms with Crippen molar-refractivity contribution in [1.82, 2.24) is 0 Å². The van der Waals surface area contributed by atoms with E-state index in [4.69, 9.17) is 14.4 Å². The molecule has 0 fully saturated rings. The van der Waals surface area contributed by atoms with Crippen molar-refractivity contribution >= 4 is 72.6 Å². The van der Waals surface area contributed by atoms with E-state index in [9.17, 15) is 0 Å². The summed E-state index contributed by atoms with van der Waals surface area (Å²) < 4.78 is 6.49. The number of benzene rings is 9. The lowest BCUT2D eigenvalue weighted by Gasteiger charge is -2.10. The lowest BCUT2D eigenvalue weighted by Crippen LogP contribution is -2.06. The fourth-order valence-corrected chi connectivity index (χ4v) is 7.83. The Balaban J connectivity index is 1.04. The summed E-state index contributed by atoms with van der Waals surface area (Å²) in [6.07, 6.45) is 0. The van der Waals surface area contributed by atoms with Crippen LogP contribution in [0.2, 0.25) is 0 Å². The molecule has 0 saturated heterocycles. The van der Waals surface area contributed by atoms with E-state index < -0.39 is 0 Å². The van der Waals surface area contributed by atoms with Gasteiger partial charge in [0.05, 0.1) is 6.54 Å². The third kappa shape index (κ3) is 6.13. The zero-order valence-electron chi connectivity index (χ0n) is 30.6. The summed E-state index contributed by atoms with van der Waals surface area (Å²) in [4.78, 5) is 14.8. The topological polar surface area (TPSA) is 50.2 Å². The van der Waals surface area contributed by atoms with E-state index >= 15 is 0 Å². The number of hydrogen-bond acceptors (Lipinski definition) is 2. The summed E-state index contributed by atoms with van der Waals surface area (Å²) in [6, 6.07) is 65.6. The van der Waals surface area contributed by atoms with Crippen molar-refractivity contribution < 1.29 is 4.42 Å². The lowest BCUT2D eigenvalue weighted by atomic mass is 9.97. The number of aliphatic imine (C=N–C) groups is 3. The Hall–Kier alpha value is -7.43. The summed E-state index contributed by atoms with van der Waals surface area (Å²) in [6.45, 7) is 4.33. The molecule has 0 spiro atoms. The van der Waals surface area contributed by atoms with Crippen molar-refractivity contribution in [3.63, 3.8) is 0 Å². The highest BCUT2D eigenvalue weighted by atomic mass is 16.3. The molecule has 0 amide bonds. The summed E-state index contributed by atoms with van der Waals surface area (Å²) >= 11 is 0. The van der Waals surface area contributed by atoms with Crippen molar-refractivity contribution in [2.45, 2.75) is 6.54 Å². The zero-order chi connectivity index (χ0) is 37.4. The van der Waals surface area contributed by atoms with Gasteiger partial charge in [-0.25, -0.2) is 9.98 Å². The second kappa shape index (κ2) is 14.1. The van der Waals surface area contributed by atoms with Crippen LogP contribution in [0.5, 0.6) is 0 Å². The Kier molecular flexibility index (Phi) is 8.34. The molecular weight excluding hydrogens is 683 g/mol. The van der Waals surface area contributed by atoms with Gasteiger partial charge in [-0.1, -0.05) is 158 Å². The van der Waals surface area contributed by atoms with Gasteiger partial charge in [0.25, 0.3) is 0 Å². The Morgan fingerprint density at radius 1 is 0.446 bits per heavy atom. The minimum Gasteiger partial charge on any atom is -0.456 e. The third-order valence-corrected chi connectivity index (χ3v) is 10.7. The van der Waals surface area contributed by atoms with E-state index in [-0.39, 0.29) is 0 Å². The smallest absolute Gasteiger partial charge is 0.161 e. The van der Waals surface area contributed by atoms with Crippen LogP contribution >= 0.6 is 0 Å². The molecule has 0 aliphatic heterocycles. The molecule has 4 heteroatoms. The van der Waals surface area contributed by atoms with Crippen molar-refractivity contribution in [3.05, 3.63) is 205 Å². The van der Waals surface area contributed by atoms with Crippen molar-refractivity contribution in [2.24, 2.45) is 15.0 Å². The Morgan fingerprint density at radius 2 is 1.07 bits per heavy atom. The Labute approximate surface area is 324 Å². The fraction of sp³-hybridized carbons (Fsp3) is 0.0192. The van der Waals surface area contributed by atoms with E-state index in [1.807, 2.05) is 12.1 Å². The minimum absolute atomic E-state index is 0.397. The molecule has 264 valence electrons. The van der Waals surface area contributed by atoms with E-state index in [1.54, 1.807) is 0 Å². The summed E-state index contributed by atoms with van der Waals surface area (Å²) in [5, 5.41) is 9.26. The van der Waals surface area contributed by atoms with Crippen LogP contribution in [0.15, 0.2) is 207 Å². The highest BCUT2D eigenvalue weighted by Gasteiger charge is 2.14. The third-order valence-electron chi connectivity index (χ3n) is 10.7. The predicted molar refractivity (Wildman–Crippen MR) is 236 cm³/mol. The maximum atomic E-state index is 6.49. The fourth-order valence-electron chi connectivity index (χ4n) is 7.83. The van der Waals surface area contributed by atoms with Crippen LogP contribution in [0, 0.1) is 0 Å². The van der Waals surface area contributed by atoms with E-state index in [0.29, 0.717) is 18.2 Å². The molecule has 0 radical (unpaired) electrons. The molecule has 0 aliphatic carbocycles. The van der Waals surface area contributed by atoms with E-state index in [2.05, 4.69) is 188 Å². The van der Waals surface area contributed by atoms with Crippen LogP contribution in [-0.4, -0.2) is 18.4 Å². The number of fused-ring (bicyclic) bond motifs is 6. The van der Waals surface area contributed by atoms with Crippen molar-refractivity contribution in [1.29, 1.82) is 0 Å². The first-order valence-corrected chi connectivity index (χ1v) is 18.8. The van der Waals surface area contributed by atoms with Crippen LogP contribution in [0.25, 0.3) is 76.5 Å². The van der Waals surface area contributed by atoms with Gasteiger partial charge in [0.2, 0.25) is 0 Å². The highest BCUT2D eigenvalue weighted by molar-refractivity contribution is 6.14. The van der Waals surface area contributed by atoms with Gasteiger partial charge in [-0.15, -0.1) is 0 Å². The zero-order valence-corrected chi connectivity index (χ0v) is 30.6. The standard InChI is InChI=1S/C52H35N3O/c1-53-51(38-24-22-37(23-25-38)46-18-8-15-36-12-6-7-17-45(36)46)55-52(43-27-21-35-11-3-5-14-40(35)31-43)54-33-44-16-9-19-48-50(44)47-29-28-42(32-49(47)56-48)41-26-20-34-10-2-4-13-39(34)30-41/h2-32H,1,33H2. The molecule has 0 aliphatic rings. The maximum absolute atomic E-state index is 6.49. The number of rotatable bonds is 6. The van der Waals surface area contributed by atoms with Gasteiger partial charge in [-0.05, 0) is 97.2 Å². The molecular formula is C52H35N3O. The van der Waals surface area contributed by atoms with Gasteiger partial charge >= 0.3 is 0 Å². The van der Waals surface area contributed by atoms with Gasteiger partial charge in [0.15, 0.2) is 11.7 Å². The van der Waals surface area contributed by atoms with E-state index in [0.717, 1.165) is 66.1 Å². The monoisotopic (exact) mass is 717 g/mol. The SMILES string of the molecule is C=NC(=NC(=NCc1cccc2oc3cc(-c4ccc5ccccc5c4)ccc3c12)c1ccc2ccccc2c1)c1ccc(-c2cccc3ccccc23)cc1. The second-order valence-electron chi connectivity index (χ2n) is 14.1. The van der Waals surface area contributed by atoms with Gasteiger partial charge < -0.3 is 4.42 Å². The molecule has 4 nitrogen and oxygen atoms in total. The quantitative estimate of drug-likeness (QED) is 0.125. The summed E-state index contributed by atoms with van der Waals surface area (Å²) in [7, 11) is 0. The average Bonchev–Trinajstić information content (AvgIpc) is 3.65. The highest BCUT2D eigenvalue weighted by Crippen LogP contribution is 2.36. The second-order valence-corrected chi connectivity index (χ2v) is 14.1. The Morgan fingerprint density at radius 3 is 1.88 bits per heavy atom. The van der Waals surface area contributed by atoms with Crippen LogP contribution < -0.4 is 0 Å². The van der Waals surface area contributed by atoms with Crippen LogP contribution in [0.3, 0.4) is 0 Å². The molecule has 10 aromatic rings. The molecule has 0 bridgehead atoms. The molecule has 10 rings (SSSR count). The minimum atomic E-state index is 0.397. The van der Waals surface area contributed by atoms with Crippen LogP contribution in [0.1, 0.15) is 16.7 Å². The van der Waals surface area contributed by atoms with Gasteiger partial charge in [0, 0.05) is 21.9 Å². The average molecular weight is 718 g/mol. The molecule has 0 N–H and O–H groups in total. The van der Waals surface area contributed by atoms with Crippen molar-refractivity contribution in [3.8, 4) is 22.3 Å². The number of furan rings is 1. The molecule has 0 saturated carbocycles. The number of nitrogens with zero attached hydrogens (tertiary/aromatic N) is 3. The molecule has 56 heavy (non-hydrogen) atoms. The van der Waals surface area contributed by atoms with Crippen molar-refractivity contribution in [2.75, 3.05) is 0 Å². The maximum Gasteiger partial charge on any atom is 0.161 e. The largest absolute Gasteiger partial charge is 0.456 e. The predicted octanol–water partition coefficient (Wildman–Crippen LogP) is 13.5. The normalized spacial score (nSPS) is 12.3. The first kappa shape index (κ1) is 33.2.